The maximum atomic E-state index is 12.4. The van der Waals surface area contributed by atoms with E-state index in [0.717, 1.165) is 38.1 Å². The average Bonchev–Trinajstić information content (AvgIpc) is 3.02. The van der Waals surface area contributed by atoms with Crippen LogP contribution in [0.4, 0.5) is 0 Å². The molecular formula is C24H30N2O2. The fraction of sp³-hybridized carbons (Fsp3) is 0.458. The van der Waals surface area contributed by atoms with Gasteiger partial charge in [-0.3, -0.25) is 9.69 Å². The summed E-state index contributed by atoms with van der Waals surface area (Å²) >= 11 is 0. The Morgan fingerprint density at radius 3 is 2.61 bits per heavy atom. The molecule has 1 amide bonds. The Labute approximate surface area is 167 Å². The number of hydrogen-bond donors (Lipinski definition) is 1. The van der Waals surface area contributed by atoms with E-state index in [4.69, 9.17) is 4.74 Å². The van der Waals surface area contributed by atoms with Crippen molar-refractivity contribution < 1.29 is 9.53 Å². The van der Waals surface area contributed by atoms with Crippen LogP contribution in [0, 0.1) is 0 Å². The van der Waals surface area contributed by atoms with E-state index in [1.54, 1.807) is 0 Å². The number of carbonyl (C=O) groups excluding carboxylic acids is 1. The van der Waals surface area contributed by atoms with Gasteiger partial charge in [0.2, 0.25) is 5.91 Å². The van der Waals surface area contributed by atoms with E-state index in [1.165, 1.54) is 11.1 Å². The van der Waals surface area contributed by atoms with Crippen LogP contribution in [-0.2, 0) is 11.3 Å². The molecule has 2 heterocycles. The van der Waals surface area contributed by atoms with Gasteiger partial charge in [-0.05, 0) is 43.0 Å². The molecule has 0 radical (unpaired) electrons. The minimum atomic E-state index is 0.192. The third-order valence-corrected chi connectivity index (χ3v) is 6.08. The van der Waals surface area contributed by atoms with Crippen LogP contribution in [0.15, 0.2) is 54.6 Å². The zero-order valence-corrected chi connectivity index (χ0v) is 16.6. The Hall–Kier alpha value is -2.33. The first-order chi connectivity index (χ1) is 13.7. The predicted octanol–water partition coefficient (Wildman–Crippen LogP) is 4.11. The molecule has 3 atom stereocenters. The average molecular weight is 379 g/mol. The molecule has 2 aromatic rings. The second-order valence-corrected chi connectivity index (χ2v) is 7.93. The van der Waals surface area contributed by atoms with Gasteiger partial charge in [-0.15, -0.1) is 0 Å². The number of fused-ring (bicyclic) bond motifs is 1. The molecule has 4 rings (SSSR count). The van der Waals surface area contributed by atoms with Crippen LogP contribution in [0.5, 0.6) is 5.75 Å². The monoisotopic (exact) mass is 378 g/mol. The van der Waals surface area contributed by atoms with Crippen molar-refractivity contribution >= 4 is 5.91 Å². The van der Waals surface area contributed by atoms with Crippen LogP contribution in [0.1, 0.15) is 49.7 Å². The van der Waals surface area contributed by atoms with E-state index in [2.05, 4.69) is 64.8 Å². The fourth-order valence-corrected chi connectivity index (χ4v) is 4.74. The van der Waals surface area contributed by atoms with Crippen LogP contribution in [0.2, 0.25) is 0 Å². The van der Waals surface area contributed by atoms with Crippen LogP contribution < -0.4 is 10.1 Å². The van der Waals surface area contributed by atoms with Crippen molar-refractivity contribution in [3.63, 3.8) is 0 Å². The molecule has 2 aliphatic rings. The molecule has 4 heteroatoms. The number of amides is 1. The summed E-state index contributed by atoms with van der Waals surface area (Å²) in [6.45, 7) is 4.58. The molecule has 2 aromatic carbocycles. The zero-order valence-electron chi connectivity index (χ0n) is 16.6. The molecule has 0 aliphatic carbocycles. The first-order valence-electron chi connectivity index (χ1n) is 10.5. The number of ether oxygens (including phenoxy) is 1. The van der Waals surface area contributed by atoms with Gasteiger partial charge in [0.25, 0.3) is 0 Å². The maximum absolute atomic E-state index is 12.4. The number of nitrogens with zero attached hydrogens (tertiary/aromatic N) is 1. The highest BCUT2D eigenvalue weighted by molar-refractivity contribution is 5.76. The van der Waals surface area contributed by atoms with Gasteiger partial charge in [0.1, 0.15) is 5.75 Å². The molecule has 2 fully saturated rings. The van der Waals surface area contributed by atoms with Crippen LogP contribution in [-0.4, -0.2) is 36.0 Å². The highest BCUT2D eigenvalue weighted by atomic mass is 16.5. The second kappa shape index (κ2) is 8.78. The lowest BCUT2D eigenvalue weighted by atomic mass is 9.88. The van der Waals surface area contributed by atoms with Crippen molar-refractivity contribution in [3.05, 3.63) is 65.7 Å². The summed E-state index contributed by atoms with van der Waals surface area (Å²) in [5, 5.41) is 3.37. The molecular weight excluding hydrogens is 348 g/mol. The van der Waals surface area contributed by atoms with Gasteiger partial charge in [-0.25, -0.2) is 0 Å². The van der Waals surface area contributed by atoms with Crippen molar-refractivity contribution in [2.75, 3.05) is 13.2 Å². The third-order valence-electron chi connectivity index (χ3n) is 6.08. The van der Waals surface area contributed by atoms with E-state index in [9.17, 15) is 4.79 Å². The molecule has 1 N–H and O–H groups in total. The highest BCUT2D eigenvalue weighted by Gasteiger charge is 2.43. The summed E-state index contributed by atoms with van der Waals surface area (Å²) in [5.41, 5.74) is 2.62. The third kappa shape index (κ3) is 4.22. The summed E-state index contributed by atoms with van der Waals surface area (Å²) in [4.78, 5) is 14.9. The minimum Gasteiger partial charge on any atom is -0.494 e. The van der Waals surface area contributed by atoms with E-state index >= 15 is 0 Å². The molecule has 0 saturated carbocycles. The summed E-state index contributed by atoms with van der Waals surface area (Å²) in [5.74, 6) is 1.47. The normalized spacial score (nSPS) is 25.5. The molecule has 0 unspecified atom stereocenters. The molecule has 2 saturated heterocycles. The standard InChI is InChI=1S/C24H30N2O2/c1-2-28-20-14-12-18(13-15-20)16-26-17-21(19-8-4-3-5-9-19)24-22(26)10-6-7-11-23(27)25-24/h3-5,8-9,12-15,21-22,24H,2,6-7,10-11,16-17H2,1H3,(H,25,27)/t21-,22+,24-/m0/s1. The van der Waals surface area contributed by atoms with E-state index in [0.29, 0.717) is 25.0 Å². The van der Waals surface area contributed by atoms with Gasteiger partial charge in [0.15, 0.2) is 0 Å². The number of hydrogen-bond acceptors (Lipinski definition) is 3. The lowest BCUT2D eigenvalue weighted by Crippen LogP contribution is -2.47. The first-order valence-corrected chi connectivity index (χ1v) is 10.5. The number of rotatable bonds is 5. The Morgan fingerprint density at radius 2 is 1.86 bits per heavy atom. The van der Waals surface area contributed by atoms with Crippen LogP contribution in [0.25, 0.3) is 0 Å². The number of benzene rings is 2. The fourth-order valence-electron chi connectivity index (χ4n) is 4.74. The molecule has 0 aromatic heterocycles. The number of nitrogens with one attached hydrogen (secondary N) is 1. The zero-order chi connectivity index (χ0) is 19.3. The van der Waals surface area contributed by atoms with Gasteiger partial charge in [0.05, 0.1) is 12.6 Å². The van der Waals surface area contributed by atoms with Crippen molar-refractivity contribution in [2.24, 2.45) is 0 Å². The topological polar surface area (TPSA) is 41.6 Å². The molecule has 148 valence electrons. The van der Waals surface area contributed by atoms with Crippen LogP contribution in [0.3, 0.4) is 0 Å². The molecule has 0 spiro atoms. The van der Waals surface area contributed by atoms with Crippen molar-refractivity contribution in [2.45, 2.75) is 57.2 Å². The number of likely N-dealkylation sites (tertiary alicyclic amines) is 1. The summed E-state index contributed by atoms with van der Waals surface area (Å²) in [7, 11) is 0. The van der Waals surface area contributed by atoms with Crippen molar-refractivity contribution in [1.29, 1.82) is 0 Å². The largest absolute Gasteiger partial charge is 0.494 e. The van der Waals surface area contributed by atoms with Gasteiger partial charge < -0.3 is 10.1 Å². The Kier molecular flexibility index (Phi) is 5.96. The lowest BCUT2D eigenvalue weighted by Gasteiger charge is -2.31. The molecule has 2 aliphatic heterocycles. The van der Waals surface area contributed by atoms with E-state index in [-0.39, 0.29) is 11.9 Å². The van der Waals surface area contributed by atoms with Gasteiger partial charge in [-0.1, -0.05) is 48.9 Å². The summed E-state index contributed by atoms with van der Waals surface area (Å²) in [6.07, 6.45) is 3.91. The summed E-state index contributed by atoms with van der Waals surface area (Å²) < 4.78 is 5.57. The van der Waals surface area contributed by atoms with Crippen molar-refractivity contribution in [3.8, 4) is 5.75 Å². The quantitative estimate of drug-likeness (QED) is 0.851. The Morgan fingerprint density at radius 1 is 1.07 bits per heavy atom. The van der Waals surface area contributed by atoms with E-state index in [1.807, 2.05) is 6.92 Å². The highest BCUT2D eigenvalue weighted by Crippen LogP contribution is 2.36. The molecule has 28 heavy (non-hydrogen) atoms. The summed E-state index contributed by atoms with van der Waals surface area (Å²) in [6, 6.07) is 19.7. The predicted molar refractivity (Wildman–Crippen MR) is 111 cm³/mol. The van der Waals surface area contributed by atoms with Crippen LogP contribution >= 0.6 is 0 Å². The van der Waals surface area contributed by atoms with Gasteiger partial charge >= 0.3 is 0 Å². The van der Waals surface area contributed by atoms with E-state index < -0.39 is 0 Å². The molecule has 0 bridgehead atoms. The SMILES string of the molecule is CCOc1ccc(CN2C[C@@H](c3ccccc3)[C@@H]3NC(=O)CCCC[C@H]32)cc1. The van der Waals surface area contributed by atoms with Gasteiger partial charge in [-0.2, -0.15) is 0 Å². The number of carbonyl (C=O) groups is 1. The minimum absolute atomic E-state index is 0.192. The van der Waals surface area contributed by atoms with Gasteiger partial charge in [0, 0.05) is 31.5 Å². The maximum Gasteiger partial charge on any atom is 0.220 e. The lowest BCUT2D eigenvalue weighted by molar-refractivity contribution is -0.122. The smallest absolute Gasteiger partial charge is 0.220 e. The molecule has 4 nitrogen and oxygen atoms in total. The van der Waals surface area contributed by atoms with Crippen molar-refractivity contribution in [1.82, 2.24) is 10.2 Å². The second-order valence-electron chi connectivity index (χ2n) is 7.93. The first kappa shape index (κ1) is 19.0. The Balaban J connectivity index is 1.56. The Bertz CT molecular complexity index is 775.